The summed E-state index contributed by atoms with van der Waals surface area (Å²) >= 11 is 0. The van der Waals surface area contributed by atoms with Crippen molar-refractivity contribution in [3.05, 3.63) is 0 Å². The molecule has 19 heavy (non-hydrogen) atoms. The third kappa shape index (κ3) is 3.50. The van der Waals surface area contributed by atoms with Gasteiger partial charge in [-0.05, 0) is 49.5 Å². The molecular formula is C16H30N2O. The maximum atomic E-state index is 12.4. The summed E-state index contributed by atoms with van der Waals surface area (Å²) < 4.78 is 0. The minimum Gasteiger partial charge on any atom is -0.356 e. The highest BCUT2D eigenvalue weighted by Gasteiger charge is 2.39. The van der Waals surface area contributed by atoms with E-state index in [1.807, 2.05) is 0 Å². The van der Waals surface area contributed by atoms with Crippen LogP contribution in [0.2, 0.25) is 0 Å². The van der Waals surface area contributed by atoms with E-state index in [9.17, 15) is 4.79 Å². The van der Waals surface area contributed by atoms with Gasteiger partial charge in [0.05, 0.1) is 0 Å². The van der Waals surface area contributed by atoms with Crippen molar-refractivity contribution in [1.82, 2.24) is 5.32 Å². The highest BCUT2D eigenvalue weighted by Crippen LogP contribution is 2.42. The van der Waals surface area contributed by atoms with Gasteiger partial charge < -0.3 is 11.1 Å². The molecule has 2 aliphatic carbocycles. The molecule has 0 aromatic rings. The molecule has 0 aliphatic heterocycles. The largest absolute Gasteiger partial charge is 0.356 e. The zero-order chi connectivity index (χ0) is 13.9. The molecule has 1 amide bonds. The molecule has 2 aliphatic rings. The van der Waals surface area contributed by atoms with Gasteiger partial charge in [0, 0.05) is 12.5 Å². The minimum absolute atomic E-state index is 0.184. The predicted molar refractivity (Wildman–Crippen MR) is 78.6 cm³/mol. The Kier molecular flexibility index (Phi) is 4.88. The molecule has 3 nitrogen and oxygen atoms in total. The van der Waals surface area contributed by atoms with Crippen molar-refractivity contribution in [2.24, 2.45) is 28.9 Å². The van der Waals surface area contributed by atoms with Crippen molar-refractivity contribution in [2.45, 2.75) is 58.8 Å². The summed E-state index contributed by atoms with van der Waals surface area (Å²) in [6.45, 7) is 6.07. The van der Waals surface area contributed by atoms with Gasteiger partial charge in [0.25, 0.3) is 0 Å². The molecule has 0 spiro atoms. The molecule has 110 valence electrons. The zero-order valence-electron chi connectivity index (χ0n) is 12.6. The quantitative estimate of drug-likeness (QED) is 0.822. The van der Waals surface area contributed by atoms with Gasteiger partial charge in [0.15, 0.2) is 0 Å². The Morgan fingerprint density at radius 2 is 1.84 bits per heavy atom. The Hall–Kier alpha value is -0.570. The molecule has 0 saturated heterocycles. The summed E-state index contributed by atoms with van der Waals surface area (Å²) in [5.74, 6) is 1.72. The molecule has 3 atom stereocenters. The first-order valence-electron chi connectivity index (χ1n) is 8.02. The molecule has 0 bridgehead atoms. The highest BCUT2D eigenvalue weighted by atomic mass is 16.1. The van der Waals surface area contributed by atoms with Crippen LogP contribution in [-0.2, 0) is 4.79 Å². The SMILES string of the molecule is CC1(C)CCCC1C(=O)NCC1CCCCC1CN. The van der Waals surface area contributed by atoms with Crippen molar-refractivity contribution in [3.63, 3.8) is 0 Å². The van der Waals surface area contributed by atoms with E-state index < -0.39 is 0 Å². The van der Waals surface area contributed by atoms with Gasteiger partial charge >= 0.3 is 0 Å². The van der Waals surface area contributed by atoms with Gasteiger partial charge in [-0.25, -0.2) is 0 Å². The van der Waals surface area contributed by atoms with Crippen LogP contribution in [0.25, 0.3) is 0 Å². The lowest BCUT2D eigenvalue weighted by atomic mass is 9.78. The van der Waals surface area contributed by atoms with Crippen molar-refractivity contribution in [3.8, 4) is 0 Å². The smallest absolute Gasteiger partial charge is 0.223 e. The standard InChI is InChI=1S/C16H30N2O/c1-16(2)9-5-8-14(16)15(19)18-11-13-7-4-3-6-12(13)10-17/h12-14H,3-11,17H2,1-2H3,(H,18,19). The number of nitrogens with one attached hydrogen (secondary N) is 1. The van der Waals surface area contributed by atoms with Crippen LogP contribution in [0.15, 0.2) is 0 Å². The van der Waals surface area contributed by atoms with Crippen LogP contribution in [0.5, 0.6) is 0 Å². The normalized spacial score (nSPS) is 34.2. The summed E-state index contributed by atoms with van der Waals surface area (Å²) in [5, 5.41) is 3.22. The monoisotopic (exact) mass is 266 g/mol. The van der Waals surface area contributed by atoms with Crippen LogP contribution in [0.4, 0.5) is 0 Å². The van der Waals surface area contributed by atoms with E-state index in [0.717, 1.165) is 19.5 Å². The lowest BCUT2D eigenvalue weighted by Crippen LogP contribution is -2.41. The predicted octanol–water partition coefficient (Wildman–Crippen LogP) is 2.69. The van der Waals surface area contributed by atoms with Gasteiger partial charge in [-0.2, -0.15) is 0 Å². The second-order valence-corrected chi connectivity index (χ2v) is 7.22. The summed E-state index contributed by atoms with van der Waals surface area (Å²) in [6.07, 6.45) is 8.51. The lowest BCUT2D eigenvalue weighted by Gasteiger charge is -2.32. The summed E-state index contributed by atoms with van der Waals surface area (Å²) in [4.78, 5) is 12.4. The maximum Gasteiger partial charge on any atom is 0.223 e. The fourth-order valence-corrected chi connectivity index (χ4v) is 4.03. The molecule has 2 saturated carbocycles. The first-order valence-corrected chi connectivity index (χ1v) is 8.02. The molecule has 3 unspecified atom stereocenters. The Morgan fingerprint density at radius 1 is 1.16 bits per heavy atom. The topological polar surface area (TPSA) is 55.1 Å². The Balaban J connectivity index is 1.82. The first-order chi connectivity index (χ1) is 9.04. The third-order valence-electron chi connectivity index (χ3n) is 5.48. The highest BCUT2D eigenvalue weighted by molar-refractivity contribution is 5.79. The van der Waals surface area contributed by atoms with Gasteiger partial charge in [-0.1, -0.05) is 33.1 Å². The summed E-state index contributed by atoms with van der Waals surface area (Å²) in [5.41, 5.74) is 6.04. The number of hydrogen-bond donors (Lipinski definition) is 2. The fraction of sp³-hybridized carbons (Fsp3) is 0.938. The molecule has 3 N–H and O–H groups in total. The third-order valence-corrected chi connectivity index (χ3v) is 5.48. The van der Waals surface area contributed by atoms with Crippen molar-refractivity contribution in [1.29, 1.82) is 0 Å². The molecule has 3 heteroatoms. The first kappa shape index (κ1) is 14.8. The molecule has 0 aromatic carbocycles. The van der Waals surface area contributed by atoms with Gasteiger partial charge in [-0.15, -0.1) is 0 Å². The van der Waals surface area contributed by atoms with E-state index in [1.165, 1.54) is 38.5 Å². The van der Waals surface area contributed by atoms with Gasteiger partial charge in [0.2, 0.25) is 5.91 Å². The van der Waals surface area contributed by atoms with Crippen LogP contribution < -0.4 is 11.1 Å². The van der Waals surface area contributed by atoms with E-state index in [0.29, 0.717) is 11.8 Å². The van der Waals surface area contributed by atoms with Crippen LogP contribution in [-0.4, -0.2) is 19.0 Å². The number of rotatable bonds is 4. The molecular weight excluding hydrogens is 236 g/mol. The van der Waals surface area contributed by atoms with E-state index in [1.54, 1.807) is 0 Å². The van der Waals surface area contributed by atoms with Crippen LogP contribution in [0.3, 0.4) is 0 Å². The Bertz CT molecular complexity index is 314. The minimum atomic E-state index is 0.184. The lowest BCUT2D eigenvalue weighted by molar-refractivity contribution is -0.127. The van der Waals surface area contributed by atoms with E-state index >= 15 is 0 Å². The molecule has 2 fully saturated rings. The van der Waals surface area contributed by atoms with E-state index in [4.69, 9.17) is 5.73 Å². The van der Waals surface area contributed by atoms with Crippen molar-refractivity contribution in [2.75, 3.05) is 13.1 Å². The fourth-order valence-electron chi connectivity index (χ4n) is 4.03. The zero-order valence-corrected chi connectivity index (χ0v) is 12.6. The summed E-state index contributed by atoms with van der Waals surface area (Å²) in [7, 11) is 0. The van der Waals surface area contributed by atoms with E-state index in [-0.39, 0.29) is 17.2 Å². The number of amides is 1. The van der Waals surface area contributed by atoms with Crippen LogP contribution in [0, 0.1) is 23.2 Å². The van der Waals surface area contributed by atoms with Crippen molar-refractivity contribution >= 4 is 5.91 Å². The van der Waals surface area contributed by atoms with Crippen LogP contribution >= 0.6 is 0 Å². The second-order valence-electron chi connectivity index (χ2n) is 7.22. The molecule has 0 radical (unpaired) electrons. The Labute approximate surface area is 117 Å². The Morgan fingerprint density at radius 3 is 2.42 bits per heavy atom. The van der Waals surface area contributed by atoms with Crippen LogP contribution in [0.1, 0.15) is 58.8 Å². The second kappa shape index (κ2) is 6.25. The average Bonchev–Trinajstić information content (AvgIpc) is 2.76. The number of hydrogen-bond acceptors (Lipinski definition) is 2. The number of nitrogens with two attached hydrogens (primary N) is 1. The maximum absolute atomic E-state index is 12.4. The molecule has 2 rings (SSSR count). The number of carbonyl (C=O) groups excluding carboxylic acids is 1. The van der Waals surface area contributed by atoms with Gasteiger partial charge in [0.1, 0.15) is 0 Å². The molecule has 0 heterocycles. The van der Waals surface area contributed by atoms with Crippen molar-refractivity contribution < 1.29 is 4.79 Å². The van der Waals surface area contributed by atoms with Gasteiger partial charge in [-0.3, -0.25) is 4.79 Å². The average molecular weight is 266 g/mol. The number of carbonyl (C=O) groups is 1. The summed E-state index contributed by atoms with van der Waals surface area (Å²) in [6, 6.07) is 0. The molecule has 0 aromatic heterocycles. The van der Waals surface area contributed by atoms with E-state index in [2.05, 4.69) is 19.2 Å².